The summed E-state index contributed by atoms with van der Waals surface area (Å²) >= 11 is 10.1. The Hall–Kier alpha value is -0.190. The van der Waals surface area contributed by atoms with E-state index in [4.69, 9.17) is 11.6 Å². The highest BCUT2D eigenvalue weighted by Gasteiger charge is 2.08. The lowest BCUT2D eigenvalue weighted by molar-refractivity contribution is 0.623. The second-order valence-corrected chi connectivity index (χ2v) is 4.55. The van der Waals surface area contributed by atoms with Crippen molar-refractivity contribution in [2.45, 2.75) is 0 Å². The SMILES string of the molecule is Fc1ccc2nc(Cl)sc2c1Br. The van der Waals surface area contributed by atoms with Gasteiger partial charge in [0.25, 0.3) is 0 Å². The standard InChI is InChI=1S/C7H2BrClFNS/c8-5-3(10)1-2-4-6(5)12-7(9)11-4/h1-2H. The molecule has 0 spiro atoms. The second kappa shape index (κ2) is 2.94. The zero-order valence-corrected chi connectivity index (χ0v) is 8.80. The maximum atomic E-state index is 12.9. The van der Waals surface area contributed by atoms with E-state index in [0.717, 1.165) is 10.2 Å². The van der Waals surface area contributed by atoms with Gasteiger partial charge in [-0.2, -0.15) is 0 Å². The summed E-state index contributed by atoms with van der Waals surface area (Å²) in [6.07, 6.45) is 0. The van der Waals surface area contributed by atoms with Gasteiger partial charge >= 0.3 is 0 Å². The lowest BCUT2D eigenvalue weighted by Crippen LogP contribution is -1.75. The van der Waals surface area contributed by atoms with Gasteiger partial charge in [-0.1, -0.05) is 11.6 Å². The Bertz CT molecular complexity index is 442. The maximum absolute atomic E-state index is 12.9. The van der Waals surface area contributed by atoms with Crippen LogP contribution < -0.4 is 0 Å². The molecular formula is C7H2BrClFNS. The van der Waals surface area contributed by atoms with Gasteiger partial charge in [-0.3, -0.25) is 0 Å². The van der Waals surface area contributed by atoms with E-state index in [1.165, 1.54) is 17.4 Å². The summed E-state index contributed by atoms with van der Waals surface area (Å²) in [4.78, 5) is 4.00. The summed E-state index contributed by atoms with van der Waals surface area (Å²) in [5.41, 5.74) is 0.721. The van der Waals surface area contributed by atoms with Crippen LogP contribution in [0.4, 0.5) is 4.39 Å². The fourth-order valence-electron chi connectivity index (χ4n) is 0.909. The van der Waals surface area contributed by atoms with Crippen LogP contribution in [-0.2, 0) is 0 Å². The number of nitrogens with zero attached hydrogens (tertiary/aromatic N) is 1. The van der Waals surface area contributed by atoms with Crippen LogP contribution in [0, 0.1) is 5.82 Å². The fourth-order valence-corrected chi connectivity index (χ4v) is 2.53. The molecule has 0 unspecified atom stereocenters. The largest absolute Gasteiger partial charge is 0.225 e. The van der Waals surface area contributed by atoms with Gasteiger partial charge in [0.15, 0.2) is 4.47 Å². The third-order valence-electron chi connectivity index (χ3n) is 1.42. The second-order valence-electron chi connectivity index (χ2n) is 2.18. The minimum Gasteiger partial charge on any atom is -0.225 e. The first-order chi connectivity index (χ1) is 5.68. The highest BCUT2D eigenvalue weighted by atomic mass is 79.9. The van der Waals surface area contributed by atoms with Crippen molar-refractivity contribution in [2.75, 3.05) is 0 Å². The van der Waals surface area contributed by atoms with E-state index in [1.807, 2.05) is 0 Å². The first-order valence-corrected chi connectivity index (χ1v) is 5.07. The molecule has 1 aromatic carbocycles. The highest BCUT2D eigenvalue weighted by Crippen LogP contribution is 2.33. The van der Waals surface area contributed by atoms with Gasteiger partial charge in [0.05, 0.1) is 14.7 Å². The Labute approximate surface area is 85.3 Å². The van der Waals surface area contributed by atoms with Crippen molar-refractivity contribution < 1.29 is 4.39 Å². The topological polar surface area (TPSA) is 12.9 Å². The summed E-state index contributed by atoms with van der Waals surface area (Å²) in [5, 5.41) is 0. The smallest absolute Gasteiger partial charge is 0.184 e. The number of thiazole rings is 1. The van der Waals surface area contributed by atoms with Gasteiger partial charge in [-0.25, -0.2) is 9.37 Å². The third-order valence-corrected chi connectivity index (χ3v) is 3.65. The van der Waals surface area contributed by atoms with Crippen molar-refractivity contribution in [1.29, 1.82) is 0 Å². The zero-order valence-electron chi connectivity index (χ0n) is 5.64. The van der Waals surface area contributed by atoms with Crippen LogP contribution in [-0.4, -0.2) is 4.98 Å². The van der Waals surface area contributed by atoms with E-state index in [1.54, 1.807) is 6.07 Å². The fraction of sp³-hybridized carbons (Fsp3) is 0. The first kappa shape index (κ1) is 8.41. The Morgan fingerprint density at radius 3 is 3.00 bits per heavy atom. The molecular weight excluding hydrogens is 265 g/mol. The molecule has 0 atom stereocenters. The summed E-state index contributed by atoms with van der Waals surface area (Å²) in [6, 6.07) is 2.97. The highest BCUT2D eigenvalue weighted by molar-refractivity contribution is 9.10. The van der Waals surface area contributed by atoms with E-state index >= 15 is 0 Å². The van der Waals surface area contributed by atoms with Crippen LogP contribution in [0.3, 0.4) is 0 Å². The van der Waals surface area contributed by atoms with E-state index in [-0.39, 0.29) is 5.82 Å². The molecule has 2 rings (SSSR count). The van der Waals surface area contributed by atoms with E-state index in [9.17, 15) is 4.39 Å². The first-order valence-electron chi connectivity index (χ1n) is 3.08. The quantitative estimate of drug-likeness (QED) is 0.706. The molecule has 1 aromatic heterocycles. The van der Waals surface area contributed by atoms with Crippen LogP contribution in [0.2, 0.25) is 4.47 Å². The molecule has 2 aromatic rings. The number of hydrogen-bond acceptors (Lipinski definition) is 2. The normalized spacial score (nSPS) is 10.9. The number of aromatic nitrogens is 1. The summed E-state index contributed by atoms with van der Waals surface area (Å²) in [5.74, 6) is -0.289. The molecule has 0 fully saturated rings. The molecule has 0 aliphatic rings. The average molecular weight is 267 g/mol. The predicted molar refractivity (Wildman–Crippen MR) is 52.3 cm³/mol. The van der Waals surface area contributed by atoms with Gasteiger partial charge in [-0.15, -0.1) is 11.3 Å². The Kier molecular flexibility index (Phi) is 2.06. The summed E-state index contributed by atoms with van der Waals surface area (Å²) in [6.45, 7) is 0. The molecule has 0 radical (unpaired) electrons. The molecule has 0 bridgehead atoms. The Morgan fingerprint density at radius 1 is 1.50 bits per heavy atom. The number of benzene rings is 1. The molecule has 5 heteroatoms. The Balaban J connectivity index is 2.89. The lowest BCUT2D eigenvalue weighted by atomic mass is 10.3. The summed E-state index contributed by atoms with van der Waals surface area (Å²) < 4.78 is 14.6. The molecule has 0 N–H and O–H groups in total. The van der Waals surface area contributed by atoms with Crippen LogP contribution >= 0.6 is 38.9 Å². The van der Waals surface area contributed by atoms with E-state index < -0.39 is 0 Å². The van der Waals surface area contributed by atoms with Crippen LogP contribution in [0.1, 0.15) is 0 Å². The molecule has 0 saturated carbocycles. The zero-order chi connectivity index (χ0) is 8.72. The summed E-state index contributed by atoms with van der Waals surface area (Å²) in [7, 11) is 0. The molecule has 1 heterocycles. The van der Waals surface area contributed by atoms with Crippen molar-refractivity contribution in [3.05, 3.63) is 26.9 Å². The maximum Gasteiger partial charge on any atom is 0.184 e. The molecule has 12 heavy (non-hydrogen) atoms. The number of rotatable bonds is 0. The number of halogens is 3. The average Bonchev–Trinajstić information content (AvgIpc) is 2.39. The van der Waals surface area contributed by atoms with E-state index in [0.29, 0.717) is 8.94 Å². The number of hydrogen-bond donors (Lipinski definition) is 0. The van der Waals surface area contributed by atoms with Crippen molar-refractivity contribution in [2.24, 2.45) is 0 Å². The molecule has 0 saturated heterocycles. The van der Waals surface area contributed by atoms with E-state index in [2.05, 4.69) is 20.9 Å². The van der Waals surface area contributed by atoms with Crippen LogP contribution in [0.25, 0.3) is 10.2 Å². The molecule has 62 valence electrons. The van der Waals surface area contributed by atoms with Crippen molar-refractivity contribution in [1.82, 2.24) is 4.98 Å². The van der Waals surface area contributed by atoms with Gasteiger partial charge in [-0.05, 0) is 28.1 Å². The van der Waals surface area contributed by atoms with Crippen molar-refractivity contribution in [3.63, 3.8) is 0 Å². The molecule has 0 aliphatic heterocycles. The Morgan fingerprint density at radius 2 is 2.25 bits per heavy atom. The minimum absolute atomic E-state index is 0.289. The van der Waals surface area contributed by atoms with Gasteiger partial charge in [0.2, 0.25) is 0 Å². The van der Waals surface area contributed by atoms with Crippen molar-refractivity contribution >= 4 is 49.1 Å². The molecule has 1 nitrogen and oxygen atoms in total. The van der Waals surface area contributed by atoms with Crippen LogP contribution in [0.15, 0.2) is 16.6 Å². The van der Waals surface area contributed by atoms with Gasteiger partial charge in [0.1, 0.15) is 5.82 Å². The number of fused-ring (bicyclic) bond motifs is 1. The predicted octanol–water partition coefficient (Wildman–Crippen LogP) is 3.85. The molecule has 0 amide bonds. The lowest BCUT2D eigenvalue weighted by Gasteiger charge is -1.92. The molecule has 0 aliphatic carbocycles. The minimum atomic E-state index is -0.289. The van der Waals surface area contributed by atoms with Gasteiger partial charge in [0, 0.05) is 0 Å². The van der Waals surface area contributed by atoms with Crippen LogP contribution in [0.5, 0.6) is 0 Å². The third kappa shape index (κ3) is 1.24. The van der Waals surface area contributed by atoms with Crippen molar-refractivity contribution in [3.8, 4) is 0 Å². The van der Waals surface area contributed by atoms with Gasteiger partial charge < -0.3 is 0 Å². The monoisotopic (exact) mass is 265 g/mol.